The lowest BCUT2D eigenvalue weighted by atomic mass is 10.1. The lowest BCUT2D eigenvalue weighted by molar-refractivity contribution is 0.415. The SMILES string of the molecule is COc1cc(NC2CCCC2)c2[nH]c(C3=N[C@H](CCI)CS3)cc2c1. The number of aromatic amines is 1. The fraction of sp³-hybridized carbons (Fsp3) is 0.526. The van der Waals surface area contributed by atoms with Gasteiger partial charge in [-0.2, -0.15) is 0 Å². The first kappa shape index (κ1) is 17.5. The summed E-state index contributed by atoms with van der Waals surface area (Å²) >= 11 is 4.31. The number of nitrogens with one attached hydrogen (secondary N) is 2. The molecule has 0 saturated heterocycles. The third-order valence-electron chi connectivity index (χ3n) is 5.04. The average molecular weight is 469 g/mol. The summed E-state index contributed by atoms with van der Waals surface area (Å²) in [7, 11) is 1.74. The summed E-state index contributed by atoms with van der Waals surface area (Å²) < 4.78 is 6.69. The van der Waals surface area contributed by atoms with Crippen LogP contribution in [0.25, 0.3) is 10.9 Å². The highest BCUT2D eigenvalue weighted by molar-refractivity contribution is 14.1. The molecular weight excluding hydrogens is 445 g/mol. The molecule has 2 heterocycles. The summed E-state index contributed by atoms with van der Waals surface area (Å²) in [5.74, 6) is 2.01. The Bertz CT molecular complexity index is 782. The van der Waals surface area contributed by atoms with Gasteiger partial charge in [0.25, 0.3) is 0 Å². The summed E-state index contributed by atoms with van der Waals surface area (Å²) in [6, 6.07) is 7.49. The molecule has 1 atom stereocenters. The number of benzene rings is 1. The number of hydrogen-bond acceptors (Lipinski definition) is 4. The van der Waals surface area contributed by atoms with E-state index in [1.807, 2.05) is 11.8 Å². The molecule has 2 aliphatic rings. The van der Waals surface area contributed by atoms with E-state index in [9.17, 15) is 0 Å². The monoisotopic (exact) mass is 469 g/mol. The zero-order valence-corrected chi connectivity index (χ0v) is 17.5. The third-order valence-corrected chi connectivity index (χ3v) is 6.81. The first-order valence-corrected chi connectivity index (χ1v) is 11.5. The van der Waals surface area contributed by atoms with Crippen molar-refractivity contribution in [2.45, 2.75) is 44.2 Å². The van der Waals surface area contributed by atoms with E-state index in [1.165, 1.54) is 47.4 Å². The van der Waals surface area contributed by atoms with Crippen molar-refractivity contribution in [3.63, 3.8) is 0 Å². The second-order valence-corrected chi connectivity index (χ2v) is 8.91. The fourth-order valence-electron chi connectivity index (χ4n) is 3.69. The molecule has 1 fully saturated rings. The van der Waals surface area contributed by atoms with Crippen LogP contribution in [0.4, 0.5) is 5.69 Å². The molecule has 0 spiro atoms. The zero-order valence-electron chi connectivity index (χ0n) is 14.5. The Morgan fingerprint density at radius 3 is 2.92 bits per heavy atom. The van der Waals surface area contributed by atoms with Gasteiger partial charge in [-0.15, -0.1) is 11.8 Å². The molecule has 6 heteroatoms. The molecule has 0 amide bonds. The van der Waals surface area contributed by atoms with Crippen LogP contribution in [0, 0.1) is 0 Å². The number of thioether (sulfide) groups is 1. The standard InChI is InChI=1S/C19H24IN3OS/c1-24-15-8-12-9-17(19-22-14(6-7-20)11-25-19)23-18(12)16(10-15)21-13-4-2-3-5-13/h8-10,13-14,21,23H,2-7,11H2,1H3/t14-/m1/s1. The average Bonchev–Trinajstić information content (AvgIpc) is 3.34. The van der Waals surface area contributed by atoms with Gasteiger partial charge >= 0.3 is 0 Å². The molecule has 1 aromatic carbocycles. The van der Waals surface area contributed by atoms with Crippen LogP contribution in [0.15, 0.2) is 23.2 Å². The van der Waals surface area contributed by atoms with Crippen molar-refractivity contribution >= 4 is 56.0 Å². The number of fused-ring (bicyclic) bond motifs is 1. The van der Waals surface area contributed by atoms with Crippen LogP contribution < -0.4 is 10.1 Å². The molecule has 1 aliphatic heterocycles. The van der Waals surface area contributed by atoms with E-state index in [4.69, 9.17) is 9.73 Å². The van der Waals surface area contributed by atoms with E-state index >= 15 is 0 Å². The van der Waals surface area contributed by atoms with Gasteiger partial charge in [0.05, 0.1) is 30.0 Å². The van der Waals surface area contributed by atoms with Gasteiger partial charge in [-0.05, 0) is 31.4 Å². The number of alkyl halides is 1. The van der Waals surface area contributed by atoms with Crippen LogP contribution in [0.5, 0.6) is 5.75 Å². The molecule has 25 heavy (non-hydrogen) atoms. The Labute approximate surface area is 166 Å². The van der Waals surface area contributed by atoms with Crippen molar-refractivity contribution in [1.82, 2.24) is 4.98 Å². The predicted octanol–water partition coefficient (Wildman–Crippen LogP) is 5.22. The van der Waals surface area contributed by atoms with Gasteiger partial charge in [0, 0.05) is 27.7 Å². The molecule has 2 N–H and O–H groups in total. The van der Waals surface area contributed by atoms with Crippen molar-refractivity contribution < 1.29 is 4.74 Å². The van der Waals surface area contributed by atoms with Crippen LogP contribution in [0.1, 0.15) is 37.8 Å². The number of aliphatic imine (C=N–C) groups is 1. The van der Waals surface area contributed by atoms with Gasteiger partial charge in [-0.3, -0.25) is 4.99 Å². The van der Waals surface area contributed by atoms with E-state index in [-0.39, 0.29) is 0 Å². The second kappa shape index (κ2) is 7.78. The van der Waals surface area contributed by atoms with Crippen LogP contribution >= 0.6 is 34.4 Å². The smallest absolute Gasteiger partial charge is 0.121 e. The molecular formula is C19H24IN3OS. The quantitative estimate of drug-likeness (QED) is 0.451. The van der Waals surface area contributed by atoms with Gasteiger partial charge < -0.3 is 15.0 Å². The van der Waals surface area contributed by atoms with Crippen LogP contribution in [-0.2, 0) is 0 Å². The topological polar surface area (TPSA) is 49.4 Å². The Balaban J connectivity index is 1.67. The van der Waals surface area contributed by atoms with Crippen LogP contribution in [0.2, 0.25) is 0 Å². The maximum absolute atomic E-state index is 5.52. The summed E-state index contributed by atoms with van der Waals surface area (Å²) in [5.41, 5.74) is 3.46. The predicted molar refractivity (Wildman–Crippen MR) is 117 cm³/mol. The number of H-pyrrole nitrogens is 1. The number of nitrogens with zero attached hydrogens (tertiary/aromatic N) is 1. The first-order chi connectivity index (χ1) is 12.3. The normalized spacial score (nSPS) is 21.0. The van der Waals surface area contributed by atoms with E-state index in [1.54, 1.807) is 7.11 Å². The van der Waals surface area contributed by atoms with E-state index in [0.29, 0.717) is 12.1 Å². The number of anilines is 1. The number of ether oxygens (including phenoxy) is 1. The number of methoxy groups -OCH3 is 1. The lowest BCUT2D eigenvalue weighted by Crippen LogP contribution is -2.14. The van der Waals surface area contributed by atoms with E-state index in [2.05, 4.69) is 51.1 Å². The molecule has 2 aromatic rings. The fourth-order valence-corrected chi connectivity index (χ4v) is 5.49. The van der Waals surface area contributed by atoms with Gasteiger partial charge in [0.2, 0.25) is 0 Å². The minimum atomic E-state index is 0.467. The van der Waals surface area contributed by atoms with E-state index in [0.717, 1.165) is 27.9 Å². The van der Waals surface area contributed by atoms with Crippen LogP contribution in [0.3, 0.4) is 0 Å². The summed E-state index contributed by atoms with van der Waals surface area (Å²) in [6.45, 7) is 0. The molecule has 1 aromatic heterocycles. The Morgan fingerprint density at radius 2 is 2.16 bits per heavy atom. The number of rotatable bonds is 6. The number of halogens is 1. The van der Waals surface area contributed by atoms with Gasteiger partial charge in [-0.1, -0.05) is 35.4 Å². The summed E-state index contributed by atoms with van der Waals surface area (Å²) in [5, 5.41) is 6.07. The van der Waals surface area contributed by atoms with Crippen molar-refractivity contribution in [1.29, 1.82) is 0 Å². The van der Waals surface area contributed by atoms with Gasteiger partial charge in [0.1, 0.15) is 10.8 Å². The van der Waals surface area contributed by atoms with E-state index < -0.39 is 0 Å². The Hall–Kier alpha value is -0.890. The maximum Gasteiger partial charge on any atom is 0.121 e. The largest absolute Gasteiger partial charge is 0.497 e. The lowest BCUT2D eigenvalue weighted by Gasteiger charge is -2.15. The highest BCUT2D eigenvalue weighted by Crippen LogP contribution is 2.34. The molecule has 4 nitrogen and oxygen atoms in total. The summed E-state index contributed by atoms with van der Waals surface area (Å²) in [6.07, 6.45) is 6.33. The second-order valence-electron chi connectivity index (χ2n) is 6.82. The highest BCUT2D eigenvalue weighted by atomic mass is 127. The first-order valence-electron chi connectivity index (χ1n) is 9.01. The molecule has 4 rings (SSSR count). The zero-order chi connectivity index (χ0) is 17.2. The van der Waals surface area contributed by atoms with Crippen LogP contribution in [-0.4, -0.2) is 39.4 Å². The van der Waals surface area contributed by atoms with Crippen molar-refractivity contribution in [2.75, 3.05) is 22.6 Å². The maximum atomic E-state index is 5.52. The number of hydrogen-bond donors (Lipinski definition) is 2. The third kappa shape index (κ3) is 3.79. The molecule has 0 radical (unpaired) electrons. The summed E-state index contributed by atoms with van der Waals surface area (Å²) in [4.78, 5) is 8.53. The molecule has 0 bridgehead atoms. The van der Waals surface area contributed by atoms with Crippen molar-refractivity contribution in [3.05, 3.63) is 23.9 Å². The molecule has 1 saturated carbocycles. The molecule has 134 valence electrons. The van der Waals surface area contributed by atoms with Crippen molar-refractivity contribution in [3.8, 4) is 5.75 Å². The minimum absolute atomic E-state index is 0.467. The Kier molecular flexibility index (Phi) is 5.45. The number of aromatic nitrogens is 1. The van der Waals surface area contributed by atoms with Gasteiger partial charge in [0.15, 0.2) is 0 Å². The van der Waals surface area contributed by atoms with Gasteiger partial charge in [-0.25, -0.2) is 0 Å². The minimum Gasteiger partial charge on any atom is -0.497 e. The molecule has 1 aliphatic carbocycles. The van der Waals surface area contributed by atoms with Crippen molar-refractivity contribution in [2.24, 2.45) is 4.99 Å². The Morgan fingerprint density at radius 1 is 1.32 bits per heavy atom. The highest BCUT2D eigenvalue weighted by Gasteiger charge is 2.22. The molecule has 0 unspecified atom stereocenters.